The van der Waals surface area contributed by atoms with Crippen LogP contribution in [-0.4, -0.2) is 30.3 Å². The quantitative estimate of drug-likeness (QED) is 0.674. The molecule has 0 unspecified atom stereocenters. The number of nitrogens with one attached hydrogen (secondary N) is 1. The van der Waals surface area contributed by atoms with Crippen LogP contribution in [0, 0.1) is 6.92 Å². The highest BCUT2D eigenvalue weighted by atomic mass is 16.5. The van der Waals surface area contributed by atoms with Gasteiger partial charge in [0.15, 0.2) is 11.5 Å². The Morgan fingerprint density at radius 1 is 1.11 bits per heavy atom. The van der Waals surface area contributed by atoms with E-state index < -0.39 is 6.04 Å². The van der Waals surface area contributed by atoms with Crippen LogP contribution in [0.2, 0.25) is 0 Å². The summed E-state index contributed by atoms with van der Waals surface area (Å²) < 4.78 is 15.8. The Labute approximate surface area is 163 Å². The smallest absolute Gasteiger partial charge is 0.249 e. The van der Waals surface area contributed by atoms with E-state index in [1.54, 1.807) is 33.3 Å². The number of amides is 1. The minimum Gasteiger partial charge on any atom is -0.493 e. The molecule has 0 bridgehead atoms. The van der Waals surface area contributed by atoms with Crippen molar-refractivity contribution < 1.29 is 18.8 Å². The van der Waals surface area contributed by atoms with Crippen LogP contribution in [0.3, 0.4) is 0 Å². The number of methoxy groups -OCH3 is 2. The molecule has 1 amide bonds. The fraction of sp³-hybridized carbons (Fsp3) is 0.286. The fourth-order valence-corrected chi connectivity index (χ4v) is 2.76. The first-order valence-electron chi connectivity index (χ1n) is 8.91. The third-order valence-corrected chi connectivity index (χ3v) is 4.31. The van der Waals surface area contributed by atoms with Crippen molar-refractivity contribution in [3.63, 3.8) is 0 Å². The molecule has 0 saturated carbocycles. The standard InChI is InChI=1S/C21H23N3O4/c1-13-5-8-16(9-6-13)20-23-21(28-24-20)14(2)22-19(25)12-15-7-10-17(26-3)18(11-15)27-4/h5-11,14H,12H2,1-4H3,(H,22,25)/t14-/m0/s1. The first kappa shape index (κ1) is 19.4. The van der Waals surface area contributed by atoms with E-state index in [2.05, 4.69) is 15.5 Å². The summed E-state index contributed by atoms with van der Waals surface area (Å²) in [5.74, 6) is 1.90. The Balaban J connectivity index is 1.64. The van der Waals surface area contributed by atoms with Crippen LogP contribution in [0.1, 0.15) is 30.0 Å². The Kier molecular flexibility index (Phi) is 5.93. The second-order valence-corrected chi connectivity index (χ2v) is 6.48. The van der Waals surface area contributed by atoms with E-state index in [4.69, 9.17) is 14.0 Å². The highest BCUT2D eigenvalue weighted by Gasteiger charge is 2.18. The molecule has 2 aromatic carbocycles. The number of carbonyl (C=O) groups excluding carboxylic acids is 1. The van der Waals surface area contributed by atoms with Crippen molar-refractivity contribution >= 4 is 5.91 Å². The fourth-order valence-electron chi connectivity index (χ4n) is 2.76. The predicted molar refractivity (Wildman–Crippen MR) is 104 cm³/mol. The molecule has 1 heterocycles. The zero-order chi connectivity index (χ0) is 20.1. The van der Waals surface area contributed by atoms with Crippen molar-refractivity contribution in [3.8, 4) is 22.9 Å². The van der Waals surface area contributed by atoms with Gasteiger partial charge in [-0.15, -0.1) is 0 Å². The molecule has 3 rings (SSSR count). The lowest BCUT2D eigenvalue weighted by molar-refractivity contribution is -0.121. The maximum Gasteiger partial charge on any atom is 0.249 e. The van der Waals surface area contributed by atoms with Gasteiger partial charge in [0.1, 0.15) is 6.04 Å². The van der Waals surface area contributed by atoms with Gasteiger partial charge in [0, 0.05) is 5.56 Å². The summed E-state index contributed by atoms with van der Waals surface area (Å²) in [6.07, 6.45) is 0.198. The van der Waals surface area contributed by atoms with Crippen molar-refractivity contribution in [2.24, 2.45) is 0 Å². The van der Waals surface area contributed by atoms with Gasteiger partial charge >= 0.3 is 0 Å². The third-order valence-electron chi connectivity index (χ3n) is 4.31. The molecule has 7 nitrogen and oxygen atoms in total. The molecule has 0 saturated heterocycles. The minimum atomic E-state index is -0.403. The number of hydrogen-bond acceptors (Lipinski definition) is 6. The molecular weight excluding hydrogens is 358 g/mol. The van der Waals surface area contributed by atoms with Gasteiger partial charge in [0.2, 0.25) is 17.6 Å². The summed E-state index contributed by atoms with van der Waals surface area (Å²) in [6.45, 7) is 3.82. The number of nitrogens with zero attached hydrogens (tertiary/aromatic N) is 2. The van der Waals surface area contributed by atoms with E-state index in [1.807, 2.05) is 37.3 Å². The van der Waals surface area contributed by atoms with Gasteiger partial charge in [-0.25, -0.2) is 0 Å². The molecule has 0 aliphatic heterocycles. The van der Waals surface area contributed by atoms with E-state index >= 15 is 0 Å². The molecule has 7 heteroatoms. The first-order valence-corrected chi connectivity index (χ1v) is 8.91. The van der Waals surface area contributed by atoms with Crippen LogP contribution in [0.4, 0.5) is 0 Å². The van der Waals surface area contributed by atoms with Gasteiger partial charge in [-0.2, -0.15) is 4.98 Å². The summed E-state index contributed by atoms with van der Waals surface area (Å²) >= 11 is 0. The number of ether oxygens (including phenoxy) is 2. The lowest BCUT2D eigenvalue weighted by Gasteiger charge is -2.11. The van der Waals surface area contributed by atoms with Crippen molar-refractivity contribution in [1.82, 2.24) is 15.5 Å². The number of aromatic nitrogens is 2. The van der Waals surface area contributed by atoms with Crippen molar-refractivity contribution in [2.45, 2.75) is 26.3 Å². The Morgan fingerprint density at radius 3 is 2.50 bits per heavy atom. The molecule has 0 fully saturated rings. The number of rotatable bonds is 7. The van der Waals surface area contributed by atoms with E-state index in [0.717, 1.165) is 16.7 Å². The zero-order valence-electron chi connectivity index (χ0n) is 16.4. The molecule has 0 aliphatic rings. The SMILES string of the molecule is COc1ccc(CC(=O)N[C@@H](C)c2nc(-c3ccc(C)cc3)no2)cc1OC. The van der Waals surface area contributed by atoms with Gasteiger partial charge in [0.05, 0.1) is 20.6 Å². The molecule has 1 aromatic heterocycles. The number of carbonyl (C=O) groups is 1. The van der Waals surface area contributed by atoms with Crippen LogP contribution in [0.15, 0.2) is 47.0 Å². The topological polar surface area (TPSA) is 86.5 Å². The van der Waals surface area contributed by atoms with Crippen LogP contribution < -0.4 is 14.8 Å². The van der Waals surface area contributed by atoms with Crippen LogP contribution in [0.5, 0.6) is 11.5 Å². The van der Waals surface area contributed by atoms with E-state index in [1.165, 1.54) is 0 Å². The molecule has 0 spiro atoms. The Bertz CT molecular complexity index is 951. The third kappa shape index (κ3) is 4.49. The average Bonchev–Trinajstić information content (AvgIpc) is 3.18. The van der Waals surface area contributed by atoms with Gasteiger partial charge < -0.3 is 19.3 Å². The summed E-state index contributed by atoms with van der Waals surface area (Å²) in [5, 5.41) is 6.88. The summed E-state index contributed by atoms with van der Waals surface area (Å²) in [4.78, 5) is 16.8. The molecule has 28 heavy (non-hydrogen) atoms. The second kappa shape index (κ2) is 8.56. The van der Waals surface area contributed by atoms with Gasteiger partial charge in [-0.3, -0.25) is 4.79 Å². The Morgan fingerprint density at radius 2 is 1.82 bits per heavy atom. The van der Waals surface area contributed by atoms with Crippen molar-refractivity contribution in [1.29, 1.82) is 0 Å². The van der Waals surface area contributed by atoms with Crippen molar-refractivity contribution in [3.05, 3.63) is 59.5 Å². The van der Waals surface area contributed by atoms with Gasteiger partial charge in [-0.1, -0.05) is 41.1 Å². The maximum atomic E-state index is 12.4. The van der Waals surface area contributed by atoms with E-state index in [0.29, 0.717) is 23.2 Å². The molecule has 1 N–H and O–H groups in total. The van der Waals surface area contributed by atoms with Crippen LogP contribution >= 0.6 is 0 Å². The number of aryl methyl sites for hydroxylation is 1. The summed E-state index contributed by atoms with van der Waals surface area (Å²) in [6, 6.07) is 12.8. The molecule has 0 radical (unpaired) electrons. The largest absolute Gasteiger partial charge is 0.493 e. The molecule has 1 atom stereocenters. The second-order valence-electron chi connectivity index (χ2n) is 6.48. The summed E-state index contributed by atoms with van der Waals surface area (Å²) in [5.41, 5.74) is 2.83. The summed E-state index contributed by atoms with van der Waals surface area (Å²) in [7, 11) is 3.13. The van der Waals surface area contributed by atoms with Crippen LogP contribution in [-0.2, 0) is 11.2 Å². The first-order chi connectivity index (χ1) is 13.5. The predicted octanol–water partition coefficient (Wildman–Crippen LogP) is 3.48. The van der Waals surface area contributed by atoms with Gasteiger partial charge in [-0.05, 0) is 31.5 Å². The highest BCUT2D eigenvalue weighted by Crippen LogP contribution is 2.27. The van der Waals surface area contributed by atoms with E-state index in [9.17, 15) is 4.79 Å². The zero-order valence-corrected chi connectivity index (χ0v) is 16.4. The maximum absolute atomic E-state index is 12.4. The van der Waals surface area contributed by atoms with Crippen molar-refractivity contribution in [2.75, 3.05) is 14.2 Å². The minimum absolute atomic E-state index is 0.158. The Hall–Kier alpha value is -3.35. The monoisotopic (exact) mass is 381 g/mol. The molecule has 0 aliphatic carbocycles. The average molecular weight is 381 g/mol. The molecular formula is C21H23N3O4. The number of benzene rings is 2. The van der Waals surface area contributed by atoms with Gasteiger partial charge in [0.25, 0.3) is 0 Å². The normalized spacial score (nSPS) is 11.7. The molecule has 146 valence electrons. The lowest BCUT2D eigenvalue weighted by Crippen LogP contribution is -2.28. The van der Waals surface area contributed by atoms with E-state index in [-0.39, 0.29) is 12.3 Å². The lowest BCUT2D eigenvalue weighted by atomic mass is 10.1. The van der Waals surface area contributed by atoms with Crippen LogP contribution in [0.25, 0.3) is 11.4 Å². The number of hydrogen-bond donors (Lipinski definition) is 1. The molecule has 3 aromatic rings. The highest BCUT2D eigenvalue weighted by molar-refractivity contribution is 5.79.